The molecule has 4 bridgehead atoms. The number of rotatable bonds is 4. The van der Waals surface area contributed by atoms with E-state index in [0.29, 0.717) is 30.2 Å². The second-order valence-corrected chi connectivity index (χ2v) is 9.07. The Kier molecular flexibility index (Phi) is 4.14. The van der Waals surface area contributed by atoms with Crippen LogP contribution in [0.2, 0.25) is 0 Å². The maximum Gasteiger partial charge on any atom is 0.340 e. The summed E-state index contributed by atoms with van der Waals surface area (Å²) in [6.45, 7) is 1.29. The summed E-state index contributed by atoms with van der Waals surface area (Å²) >= 11 is 0. The van der Waals surface area contributed by atoms with Crippen LogP contribution in [-0.2, 0) is 4.79 Å². The Hall–Kier alpha value is -1.63. The van der Waals surface area contributed by atoms with Gasteiger partial charge in [-0.15, -0.1) is 0 Å². The summed E-state index contributed by atoms with van der Waals surface area (Å²) in [6, 6.07) is 0.427. The third kappa shape index (κ3) is 3.00. The molecule has 4 saturated carbocycles. The highest BCUT2D eigenvalue weighted by atomic mass is 16.2. The minimum Gasteiger partial charge on any atom is -0.352 e. The molecule has 7 heteroatoms. The average Bonchev–Trinajstić information content (AvgIpc) is 3.04. The van der Waals surface area contributed by atoms with Crippen molar-refractivity contribution in [3.05, 3.63) is 16.3 Å². The van der Waals surface area contributed by atoms with Gasteiger partial charge in [-0.3, -0.25) is 14.7 Å². The van der Waals surface area contributed by atoms with E-state index >= 15 is 0 Å². The fourth-order valence-corrected chi connectivity index (χ4v) is 6.51. The van der Waals surface area contributed by atoms with Gasteiger partial charge in [-0.2, -0.15) is 5.10 Å². The summed E-state index contributed by atoms with van der Waals surface area (Å²) in [5.41, 5.74) is -0.274. The topological polar surface area (TPSA) is 93.9 Å². The molecule has 5 fully saturated rings. The van der Waals surface area contributed by atoms with Crippen LogP contribution in [-0.4, -0.2) is 45.1 Å². The smallest absolute Gasteiger partial charge is 0.340 e. The van der Waals surface area contributed by atoms with Crippen LogP contribution in [0.1, 0.15) is 63.2 Å². The Morgan fingerprint density at radius 2 is 1.85 bits per heavy atom. The molecule has 2 heterocycles. The molecule has 142 valence electrons. The number of likely N-dealkylation sites (tertiary alicyclic amines) is 1. The fraction of sp³-hybridized carbons (Fsp3) is 0.842. The molecule has 26 heavy (non-hydrogen) atoms. The van der Waals surface area contributed by atoms with Crippen molar-refractivity contribution < 1.29 is 4.79 Å². The van der Waals surface area contributed by atoms with Crippen LogP contribution in [0, 0.1) is 23.7 Å². The van der Waals surface area contributed by atoms with Crippen LogP contribution in [0.25, 0.3) is 0 Å². The molecule has 5 aliphatic rings. The third-order valence-corrected chi connectivity index (χ3v) is 7.35. The molecule has 1 aromatic heterocycles. The summed E-state index contributed by atoms with van der Waals surface area (Å²) in [5, 5.41) is 9.96. The first-order chi connectivity index (χ1) is 12.7. The van der Waals surface area contributed by atoms with Crippen LogP contribution in [0.3, 0.4) is 0 Å². The Bertz CT molecular complexity index is 698. The third-order valence-electron chi connectivity index (χ3n) is 7.35. The molecule has 1 saturated heterocycles. The molecule has 1 aromatic rings. The van der Waals surface area contributed by atoms with E-state index in [1.165, 1.54) is 32.1 Å². The minimum atomic E-state index is -0.274. The van der Waals surface area contributed by atoms with E-state index < -0.39 is 0 Å². The lowest BCUT2D eigenvalue weighted by Gasteiger charge is -2.54. The van der Waals surface area contributed by atoms with Crippen molar-refractivity contribution in [3.8, 4) is 0 Å². The minimum absolute atomic E-state index is 0.0342. The van der Waals surface area contributed by atoms with Crippen LogP contribution in [0.5, 0.6) is 0 Å². The molecule has 1 aliphatic heterocycles. The SMILES string of the molecule is O=C(CN1CCCCC1c1n[nH]c(=O)[nH]1)NC1C2CC3CC(C2)CC1C3. The number of aromatic nitrogens is 3. The molecule has 4 aliphatic carbocycles. The van der Waals surface area contributed by atoms with Crippen LogP contribution < -0.4 is 11.0 Å². The molecular formula is C19H29N5O2. The second-order valence-electron chi connectivity index (χ2n) is 9.07. The number of amides is 1. The van der Waals surface area contributed by atoms with E-state index in [9.17, 15) is 9.59 Å². The number of H-pyrrole nitrogens is 2. The fourth-order valence-electron chi connectivity index (χ4n) is 6.51. The van der Waals surface area contributed by atoms with E-state index in [-0.39, 0.29) is 17.6 Å². The van der Waals surface area contributed by atoms with Crippen LogP contribution >= 0.6 is 0 Å². The van der Waals surface area contributed by atoms with Crippen molar-refractivity contribution in [1.29, 1.82) is 0 Å². The van der Waals surface area contributed by atoms with Gasteiger partial charge in [0, 0.05) is 6.04 Å². The molecule has 0 spiro atoms. The summed E-state index contributed by atoms with van der Waals surface area (Å²) in [5.74, 6) is 4.07. The predicted octanol–water partition coefficient (Wildman–Crippen LogP) is 1.57. The lowest BCUT2D eigenvalue weighted by Crippen LogP contribution is -2.57. The number of carbonyl (C=O) groups is 1. The number of nitrogens with one attached hydrogen (secondary N) is 3. The summed E-state index contributed by atoms with van der Waals surface area (Å²) in [7, 11) is 0. The van der Waals surface area contributed by atoms with Crippen LogP contribution in [0.4, 0.5) is 0 Å². The van der Waals surface area contributed by atoms with Crippen molar-refractivity contribution >= 4 is 5.91 Å². The molecule has 1 unspecified atom stereocenters. The lowest BCUT2D eigenvalue weighted by molar-refractivity contribution is -0.127. The molecule has 3 N–H and O–H groups in total. The van der Waals surface area contributed by atoms with Gasteiger partial charge in [0.05, 0.1) is 12.6 Å². The molecule has 1 amide bonds. The zero-order valence-corrected chi connectivity index (χ0v) is 15.2. The summed E-state index contributed by atoms with van der Waals surface area (Å²) in [4.78, 5) is 29.2. The van der Waals surface area contributed by atoms with Gasteiger partial charge in [-0.1, -0.05) is 6.42 Å². The number of hydrogen-bond acceptors (Lipinski definition) is 4. The first-order valence-corrected chi connectivity index (χ1v) is 10.3. The van der Waals surface area contributed by atoms with Crippen molar-refractivity contribution in [3.63, 3.8) is 0 Å². The summed E-state index contributed by atoms with van der Waals surface area (Å²) in [6.07, 6.45) is 9.84. The van der Waals surface area contributed by atoms with Crippen molar-refractivity contribution in [2.45, 2.75) is 63.5 Å². The van der Waals surface area contributed by atoms with Crippen molar-refractivity contribution in [2.75, 3.05) is 13.1 Å². The molecule has 0 aromatic carbocycles. The standard InChI is InChI=1S/C19H29N5O2/c25-16(20-17-13-6-11-5-12(8-13)9-14(17)7-11)10-24-4-2-1-3-15(24)18-21-19(26)23-22-18/h11-15,17H,1-10H2,(H,20,25)(H2,21,22,23,26). The van der Waals surface area contributed by atoms with Crippen molar-refractivity contribution in [2.24, 2.45) is 23.7 Å². The Morgan fingerprint density at radius 1 is 1.12 bits per heavy atom. The van der Waals surface area contributed by atoms with Crippen LogP contribution in [0.15, 0.2) is 4.79 Å². The Labute approximate surface area is 153 Å². The van der Waals surface area contributed by atoms with Gasteiger partial charge in [0.15, 0.2) is 0 Å². The van der Waals surface area contributed by atoms with Gasteiger partial charge >= 0.3 is 5.69 Å². The van der Waals surface area contributed by atoms with E-state index in [0.717, 1.165) is 37.6 Å². The van der Waals surface area contributed by atoms with Gasteiger partial charge in [-0.05, 0) is 75.2 Å². The first kappa shape index (κ1) is 16.5. The maximum atomic E-state index is 12.8. The highest BCUT2D eigenvalue weighted by molar-refractivity contribution is 5.78. The average molecular weight is 359 g/mol. The lowest BCUT2D eigenvalue weighted by atomic mass is 9.54. The normalized spacial score (nSPS) is 39.2. The van der Waals surface area contributed by atoms with E-state index in [4.69, 9.17) is 0 Å². The number of aromatic amines is 2. The highest BCUT2D eigenvalue weighted by Gasteiger charge is 2.48. The maximum absolute atomic E-state index is 12.8. The van der Waals surface area contributed by atoms with Gasteiger partial charge in [-0.25, -0.2) is 9.89 Å². The molecule has 7 nitrogen and oxygen atoms in total. The zero-order chi connectivity index (χ0) is 17.7. The predicted molar refractivity (Wildman–Crippen MR) is 96.3 cm³/mol. The number of nitrogens with zero attached hydrogens (tertiary/aromatic N) is 2. The summed E-state index contributed by atoms with van der Waals surface area (Å²) < 4.78 is 0. The van der Waals surface area contributed by atoms with E-state index in [2.05, 4.69) is 25.4 Å². The molecular weight excluding hydrogens is 330 g/mol. The number of carbonyl (C=O) groups excluding carboxylic acids is 1. The van der Waals surface area contributed by atoms with Gasteiger partial charge in [0.25, 0.3) is 0 Å². The Morgan fingerprint density at radius 3 is 2.50 bits per heavy atom. The van der Waals surface area contributed by atoms with E-state index in [1.807, 2.05) is 0 Å². The van der Waals surface area contributed by atoms with Gasteiger partial charge < -0.3 is 5.32 Å². The van der Waals surface area contributed by atoms with Gasteiger partial charge in [0.1, 0.15) is 5.82 Å². The zero-order valence-electron chi connectivity index (χ0n) is 15.2. The quantitative estimate of drug-likeness (QED) is 0.760. The number of piperidine rings is 1. The Balaban J connectivity index is 1.24. The first-order valence-electron chi connectivity index (χ1n) is 10.3. The second kappa shape index (κ2) is 6.51. The molecule has 1 atom stereocenters. The molecule has 0 radical (unpaired) electrons. The highest BCUT2D eigenvalue weighted by Crippen LogP contribution is 2.53. The van der Waals surface area contributed by atoms with E-state index in [1.54, 1.807) is 0 Å². The largest absolute Gasteiger partial charge is 0.352 e. The monoisotopic (exact) mass is 359 g/mol. The number of hydrogen-bond donors (Lipinski definition) is 3. The molecule has 6 rings (SSSR count). The van der Waals surface area contributed by atoms with Crippen molar-refractivity contribution in [1.82, 2.24) is 25.4 Å². The van der Waals surface area contributed by atoms with Gasteiger partial charge in [0.2, 0.25) is 5.91 Å².